The normalized spacial score (nSPS) is 15.7. The second-order valence-corrected chi connectivity index (χ2v) is 6.44. The maximum atomic E-state index is 11.6. The maximum absolute atomic E-state index is 11.6. The summed E-state index contributed by atoms with van der Waals surface area (Å²) in [6, 6.07) is 7.12. The van der Waals surface area contributed by atoms with Crippen molar-refractivity contribution in [2.45, 2.75) is 51.6 Å². The maximum Gasteiger partial charge on any atom is 0.162 e. The predicted molar refractivity (Wildman–Crippen MR) is 95.4 cm³/mol. The number of rotatable bonds is 10. The van der Waals surface area contributed by atoms with Crippen LogP contribution in [0.15, 0.2) is 35.9 Å². The summed E-state index contributed by atoms with van der Waals surface area (Å²) in [6.07, 6.45) is 8.66. The van der Waals surface area contributed by atoms with Crippen LogP contribution in [0.1, 0.15) is 55.8 Å². The molecule has 3 N–H and O–H groups in total. The highest BCUT2D eigenvalue weighted by atomic mass is 16.5. The summed E-state index contributed by atoms with van der Waals surface area (Å²) < 4.78 is 5.59. The number of allylic oxidation sites excluding steroid dienone is 1. The largest absolute Gasteiger partial charge is 0.491 e. The number of benzene rings is 1. The molecule has 0 heterocycles. The molecule has 0 saturated carbocycles. The predicted octanol–water partition coefficient (Wildman–Crippen LogP) is 2.47. The van der Waals surface area contributed by atoms with Crippen LogP contribution in [-0.2, 0) is 0 Å². The third-order valence-corrected chi connectivity index (χ3v) is 4.43. The van der Waals surface area contributed by atoms with Gasteiger partial charge in [-0.2, -0.15) is 0 Å². The van der Waals surface area contributed by atoms with E-state index in [-0.39, 0.29) is 12.4 Å². The first-order valence-corrected chi connectivity index (χ1v) is 9.12. The van der Waals surface area contributed by atoms with Gasteiger partial charge in [-0.3, -0.25) is 4.79 Å². The fourth-order valence-electron chi connectivity index (χ4n) is 2.93. The number of aliphatic hydroxyl groups is 1. The Kier molecular flexibility index (Phi) is 7.99. The molecule has 4 nitrogen and oxygen atoms in total. The van der Waals surface area contributed by atoms with Gasteiger partial charge in [0.05, 0.1) is 6.54 Å². The minimum Gasteiger partial charge on any atom is -0.491 e. The van der Waals surface area contributed by atoms with Crippen molar-refractivity contribution in [3.8, 4) is 5.75 Å². The topological polar surface area (TPSA) is 63.1 Å². The Labute approximate surface area is 144 Å². The van der Waals surface area contributed by atoms with E-state index >= 15 is 0 Å². The Balaban J connectivity index is 1.61. The van der Waals surface area contributed by atoms with E-state index in [0.717, 1.165) is 13.0 Å². The molecule has 0 spiro atoms. The first-order chi connectivity index (χ1) is 11.7. The van der Waals surface area contributed by atoms with Crippen LogP contribution in [0.4, 0.5) is 0 Å². The van der Waals surface area contributed by atoms with Crippen LogP contribution < -0.4 is 10.1 Å². The van der Waals surface area contributed by atoms with Crippen molar-refractivity contribution in [2.24, 2.45) is 0 Å². The van der Waals surface area contributed by atoms with Crippen molar-refractivity contribution in [3.63, 3.8) is 0 Å². The van der Waals surface area contributed by atoms with Gasteiger partial charge in [0.25, 0.3) is 0 Å². The molecule has 1 atom stereocenters. The number of quaternary nitrogens is 1. The van der Waals surface area contributed by atoms with Gasteiger partial charge in [0, 0.05) is 18.4 Å². The molecule has 0 amide bonds. The fourth-order valence-corrected chi connectivity index (χ4v) is 2.93. The van der Waals surface area contributed by atoms with Gasteiger partial charge in [-0.15, -0.1) is 0 Å². The SMILES string of the molecule is CCC(=O)c1ccc(OC[C@H](O)C[NH2+]CCC2=CCCCC2)cc1. The van der Waals surface area contributed by atoms with Crippen LogP contribution in [0.25, 0.3) is 0 Å². The van der Waals surface area contributed by atoms with Gasteiger partial charge in [-0.1, -0.05) is 18.6 Å². The van der Waals surface area contributed by atoms with Crippen molar-refractivity contribution < 1.29 is 20.0 Å². The summed E-state index contributed by atoms with van der Waals surface area (Å²) in [5.74, 6) is 0.818. The monoisotopic (exact) mass is 332 g/mol. The Hall–Kier alpha value is -1.65. The number of aliphatic hydroxyl groups excluding tert-OH is 1. The highest BCUT2D eigenvalue weighted by molar-refractivity contribution is 5.95. The van der Waals surface area contributed by atoms with Crippen LogP contribution >= 0.6 is 0 Å². The number of Topliss-reactive ketones (excluding diaryl/α,β-unsaturated/α-hetero) is 1. The van der Waals surface area contributed by atoms with Crippen molar-refractivity contribution in [2.75, 3.05) is 19.7 Å². The second-order valence-electron chi connectivity index (χ2n) is 6.44. The molecule has 4 heteroatoms. The van der Waals surface area contributed by atoms with Gasteiger partial charge in [-0.25, -0.2) is 0 Å². The molecule has 0 bridgehead atoms. The van der Waals surface area contributed by atoms with Crippen molar-refractivity contribution in [3.05, 3.63) is 41.5 Å². The zero-order valence-electron chi connectivity index (χ0n) is 14.7. The molecule has 1 aromatic carbocycles. The van der Waals surface area contributed by atoms with Crippen molar-refractivity contribution in [1.82, 2.24) is 0 Å². The number of carbonyl (C=O) groups excluding carboxylic acids is 1. The molecule has 0 aliphatic heterocycles. The Morgan fingerprint density at radius 3 is 2.75 bits per heavy atom. The third kappa shape index (κ3) is 6.46. The van der Waals surface area contributed by atoms with E-state index < -0.39 is 6.10 Å². The van der Waals surface area contributed by atoms with E-state index in [9.17, 15) is 9.90 Å². The summed E-state index contributed by atoms with van der Waals surface area (Å²) in [7, 11) is 0. The van der Waals surface area contributed by atoms with E-state index in [2.05, 4.69) is 11.4 Å². The molecule has 0 saturated heterocycles. The van der Waals surface area contributed by atoms with Gasteiger partial charge in [0.1, 0.15) is 25.0 Å². The summed E-state index contributed by atoms with van der Waals surface area (Å²) in [4.78, 5) is 11.6. The summed E-state index contributed by atoms with van der Waals surface area (Å²) in [5, 5.41) is 12.2. The highest BCUT2D eigenvalue weighted by Gasteiger charge is 2.09. The molecule has 24 heavy (non-hydrogen) atoms. The lowest BCUT2D eigenvalue weighted by Crippen LogP contribution is -2.86. The molecule has 0 aromatic heterocycles. The van der Waals surface area contributed by atoms with E-state index in [0.29, 0.717) is 24.3 Å². The highest BCUT2D eigenvalue weighted by Crippen LogP contribution is 2.18. The van der Waals surface area contributed by atoms with E-state index in [1.165, 1.54) is 25.7 Å². The van der Waals surface area contributed by atoms with Gasteiger partial charge >= 0.3 is 0 Å². The minimum absolute atomic E-state index is 0.129. The number of hydrogen-bond donors (Lipinski definition) is 2. The third-order valence-electron chi connectivity index (χ3n) is 4.43. The molecule has 1 aliphatic rings. The molecule has 1 aliphatic carbocycles. The first-order valence-electron chi connectivity index (χ1n) is 9.12. The zero-order chi connectivity index (χ0) is 17.2. The molecule has 0 fully saturated rings. The van der Waals surface area contributed by atoms with E-state index in [4.69, 9.17) is 4.74 Å². The number of ether oxygens (including phenoxy) is 1. The lowest BCUT2D eigenvalue weighted by Gasteiger charge is -2.14. The van der Waals surface area contributed by atoms with Crippen molar-refractivity contribution >= 4 is 5.78 Å². The number of nitrogens with two attached hydrogens (primary N) is 1. The van der Waals surface area contributed by atoms with Crippen LogP contribution in [-0.4, -0.2) is 36.7 Å². The molecule has 1 aromatic rings. The zero-order valence-corrected chi connectivity index (χ0v) is 14.7. The molecular formula is C20H30NO3+. The van der Waals surface area contributed by atoms with Gasteiger partial charge in [0.15, 0.2) is 5.78 Å². The van der Waals surface area contributed by atoms with E-state index in [1.807, 2.05) is 6.92 Å². The second kappa shape index (κ2) is 10.3. The number of hydrogen-bond acceptors (Lipinski definition) is 3. The Bertz CT molecular complexity index is 536. The minimum atomic E-state index is -0.484. The Morgan fingerprint density at radius 1 is 1.29 bits per heavy atom. The molecule has 132 valence electrons. The van der Waals surface area contributed by atoms with Crippen LogP contribution in [0.5, 0.6) is 5.75 Å². The van der Waals surface area contributed by atoms with Gasteiger partial charge in [0.2, 0.25) is 0 Å². The van der Waals surface area contributed by atoms with Crippen LogP contribution in [0.2, 0.25) is 0 Å². The summed E-state index contributed by atoms with van der Waals surface area (Å²) in [5.41, 5.74) is 2.28. The quantitative estimate of drug-likeness (QED) is 0.393. The fraction of sp³-hybridized carbons (Fsp3) is 0.550. The molecule has 2 rings (SSSR count). The lowest BCUT2D eigenvalue weighted by atomic mass is 9.97. The molecular weight excluding hydrogens is 302 g/mol. The average Bonchev–Trinajstić information content (AvgIpc) is 2.64. The van der Waals surface area contributed by atoms with E-state index in [1.54, 1.807) is 29.8 Å². The standard InChI is InChI=1S/C20H29NO3/c1-2-20(23)17-8-10-19(11-9-17)24-15-18(22)14-21-13-12-16-6-4-3-5-7-16/h6,8-11,18,21-22H,2-5,7,12-15H2,1H3/p+1/t18-/m1/s1. The summed E-state index contributed by atoms with van der Waals surface area (Å²) in [6.45, 7) is 3.81. The lowest BCUT2D eigenvalue weighted by molar-refractivity contribution is -0.660. The number of ketones is 1. The average molecular weight is 332 g/mol. The molecule has 0 unspecified atom stereocenters. The first kappa shape index (κ1) is 18.7. The summed E-state index contributed by atoms with van der Waals surface area (Å²) >= 11 is 0. The van der Waals surface area contributed by atoms with Crippen LogP contribution in [0.3, 0.4) is 0 Å². The molecule has 0 radical (unpaired) electrons. The van der Waals surface area contributed by atoms with Crippen molar-refractivity contribution in [1.29, 1.82) is 0 Å². The Morgan fingerprint density at radius 2 is 2.08 bits per heavy atom. The smallest absolute Gasteiger partial charge is 0.162 e. The van der Waals surface area contributed by atoms with Gasteiger partial charge < -0.3 is 15.2 Å². The van der Waals surface area contributed by atoms with Crippen LogP contribution in [0, 0.1) is 0 Å². The number of carbonyl (C=O) groups is 1. The van der Waals surface area contributed by atoms with Gasteiger partial charge in [-0.05, 0) is 49.9 Å².